The van der Waals surface area contributed by atoms with Crippen LogP contribution in [0.15, 0.2) is 11.1 Å². The van der Waals surface area contributed by atoms with Crippen molar-refractivity contribution in [2.75, 3.05) is 0 Å². The largest absolute Gasteiger partial charge is 0.220 e. The molecule has 0 spiro atoms. The fourth-order valence-corrected chi connectivity index (χ4v) is 0. The minimum absolute atomic E-state index is 0.947. The molecule has 36 valence electrons. The molecule has 0 aliphatic heterocycles. The molecule has 0 heterocycles. The molecule has 6 heavy (non-hydrogen) atoms. The molecule has 0 aromatic carbocycles. The predicted molar refractivity (Wildman–Crippen MR) is 20.8 cm³/mol. The first kappa shape index (κ1) is 5.89. The van der Waals surface area contributed by atoms with Crippen LogP contribution in [0.1, 0.15) is 6.92 Å². The fraction of sp³-hybridized carbons (Fsp3) is 0.333. The Kier molecular flexibility index (Phi) is 2.09. The van der Waals surface area contributed by atoms with Gasteiger partial charge < -0.3 is 0 Å². The molecule has 0 aliphatic carbocycles. The minimum atomic E-state index is -1.27. The van der Waals surface area contributed by atoms with Crippen molar-refractivity contribution in [3.8, 4) is 0 Å². The Morgan fingerprint density at radius 3 is 1.67 bits per heavy atom. The van der Waals surface area contributed by atoms with Gasteiger partial charge in [0.05, 0.1) is 0 Å². The lowest BCUT2D eigenvalue weighted by molar-refractivity contribution is 0.571. The van der Waals surface area contributed by atoms with Gasteiger partial charge in [-0.1, -0.05) is 0 Å². The van der Waals surface area contributed by atoms with E-state index in [0.717, 1.165) is 6.92 Å². The lowest BCUT2D eigenvalue weighted by Crippen LogP contribution is -1.57. The van der Waals surface area contributed by atoms with Crippen molar-refractivity contribution in [1.82, 2.24) is 0 Å². The maximum Gasteiger partial charge on any atom is 0.220 e. The highest BCUT2D eigenvalue weighted by Gasteiger charge is 1.89. The number of hydrogen-bond donors (Lipinski definition) is 0. The highest BCUT2D eigenvalue weighted by molar-refractivity contribution is 6.28. The van der Waals surface area contributed by atoms with Gasteiger partial charge in [-0.3, -0.25) is 0 Å². The summed E-state index contributed by atoms with van der Waals surface area (Å²) in [4.78, 5) is 0. The molecule has 0 aliphatic rings. The number of rotatable bonds is 0. The van der Waals surface area contributed by atoms with Gasteiger partial charge in [-0.05, 0) is 18.5 Å². The van der Waals surface area contributed by atoms with Crippen LogP contribution in [0, 0.1) is 0 Å². The number of hydrogen-bond acceptors (Lipinski definition) is 0. The van der Waals surface area contributed by atoms with E-state index in [1.54, 1.807) is 0 Å². The molecule has 0 fully saturated rings. The van der Waals surface area contributed by atoms with Crippen molar-refractivity contribution >= 4 is 11.6 Å². The first-order chi connectivity index (χ1) is 2.64. The Labute approximate surface area is 39.4 Å². The van der Waals surface area contributed by atoms with Crippen LogP contribution in [0.4, 0.5) is 8.78 Å². The summed E-state index contributed by atoms with van der Waals surface area (Å²) in [5, 5.41) is -1.27. The van der Waals surface area contributed by atoms with Crippen molar-refractivity contribution in [1.29, 1.82) is 0 Å². The lowest BCUT2D eigenvalue weighted by Gasteiger charge is -1.75. The van der Waals surface area contributed by atoms with Crippen molar-refractivity contribution in [3.63, 3.8) is 0 Å². The summed E-state index contributed by atoms with van der Waals surface area (Å²) in [6.45, 7) is 0.947. The topological polar surface area (TPSA) is 0 Å². The van der Waals surface area contributed by atoms with Crippen molar-refractivity contribution < 1.29 is 8.78 Å². The van der Waals surface area contributed by atoms with Crippen LogP contribution in [-0.2, 0) is 0 Å². The van der Waals surface area contributed by atoms with E-state index in [1.807, 2.05) is 0 Å². The summed E-state index contributed by atoms with van der Waals surface area (Å²) < 4.78 is 22.3. The van der Waals surface area contributed by atoms with Crippen molar-refractivity contribution in [2.24, 2.45) is 0 Å². The Morgan fingerprint density at radius 2 is 1.67 bits per heavy atom. The van der Waals surface area contributed by atoms with Gasteiger partial charge in [-0.15, -0.1) is 0 Å². The van der Waals surface area contributed by atoms with Gasteiger partial charge in [-0.2, -0.15) is 4.39 Å². The van der Waals surface area contributed by atoms with Gasteiger partial charge in [0.25, 0.3) is 0 Å². The molecular weight excluding hydrogens is 109 g/mol. The number of halogens is 3. The zero-order valence-corrected chi connectivity index (χ0v) is 3.89. The van der Waals surface area contributed by atoms with Crippen molar-refractivity contribution in [3.05, 3.63) is 11.1 Å². The second-order valence-corrected chi connectivity index (χ2v) is 1.13. The maximum atomic E-state index is 11.2. The molecule has 0 saturated carbocycles. The lowest BCUT2D eigenvalue weighted by atomic mass is 10.7. The van der Waals surface area contributed by atoms with E-state index in [2.05, 4.69) is 11.6 Å². The average molecular weight is 113 g/mol. The van der Waals surface area contributed by atoms with Gasteiger partial charge in [0, 0.05) is 0 Å². The molecule has 0 nitrogen and oxygen atoms in total. The normalized spacial score (nSPS) is 14.0. The van der Waals surface area contributed by atoms with Crippen LogP contribution in [-0.4, -0.2) is 0 Å². The quantitative estimate of drug-likeness (QED) is 0.451. The molecule has 0 rings (SSSR count). The molecule has 0 bridgehead atoms. The van der Waals surface area contributed by atoms with Crippen LogP contribution >= 0.6 is 11.6 Å². The zero-order valence-electron chi connectivity index (χ0n) is 3.13. The second kappa shape index (κ2) is 2.13. The molecular formula is C3H3ClF2. The predicted octanol–water partition coefficient (Wildman–Crippen LogP) is 2.35. The van der Waals surface area contributed by atoms with Crippen LogP contribution in [0.5, 0.6) is 0 Å². The summed E-state index contributed by atoms with van der Waals surface area (Å²) in [6, 6.07) is 0. The Hall–Kier alpha value is -0.110. The SMILES string of the molecule is C/C(F)=C(/F)Cl. The highest BCUT2D eigenvalue weighted by Crippen LogP contribution is 2.09. The van der Waals surface area contributed by atoms with E-state index in [1.165, 1.54) is 0 Å². The summed E-state index contributed by atoms with van der Waals surface area (Å²) >= 11 is 4.45. The Morgan fingerprint density at radius 1 is 1.50 bits per heavy atom. The zero-order chi connectivity index (χ0) is 5.15. The highest BCUT2D eigenvalue weighted by atomic mass is 35.5. The van der Waals surface area contributed by atoms with E-state index in [0.29, 0.717) is 0 Å². The summed E-state index contributed by atoms with van der Waals surface area (Å²) in [6.07, 6.45) is 0. The maximum absolute atomic E-state index is 11.2. The molecule has 0 amide bonds. The summed E-state index contributed by atoms with van der Waals surface area (Å²) in [5.74, 6) is -0.975. The van der Waals surface area contributed by atoms with E-state index in [-0.39, 0.29) is 0 Å². The van der Waals surface area contributed by atoms with Crippen LogP contribution in [0.2, 0.25) is 0 Å². The van der Waals surface area contributed by atoms with Crippen LogP contribution in [0.25, 0.3) is 0 Å². The van der Waals surface area contributed by atoms with Gasteiger partial charge in [0.1, 0.15) is 5.83 Å². The third-order valence-corrected chi connectivity index (χ3v) is 0.521. The smallest absolute Gasteiger partial charge is 0.208 e. The number of allylic oxidation sites excluding steroid dienone is 1. The molecule has 0 radical (unpaired) electrons. The fourth-order valence-electron chi connectivity index (χ4n) is 0. The summed E-state index contributed by atoms with van der Waals surface area (Å²) in [5.41, 5.74) is 0. The van der Waals surface area contributed by atoms with E-state index in [4.69, 9.17) is 0 Å². The molecule has 0 unspecified atom stereocenters. The third kappa shape index (κ3) is 2.15. The average Bonchev–Trinajstić information content (AvgIpc) is 1.36. The van der Waals surface area contributed by atoms with Gasteiger partial charge in [-0.25, -0.2) is 4.39 Å². The monoisotopic (exact) mass is 112 g/mol. The molecule has 0 saturated heterocycles. The molecule has 0 aromatic rings. The van der Waals surface area contributed by atoms with Crippen LogP contribution < -0.4 is 0 Å². The third-order valence-electron chi connectivity index (χ3n) is 0.260. The Balaban J connectivity index is 3.68. The second-order valence-electron chi connectivity index (χ2n) is 0.794. The first-order valence-corrected chi connectivity index (χ1v) is 1.69. The minimum Gasteiger partial charge on any atom is -0.208 e. The molecule has 0 N–H and O–H groups in total. The van der Waals surface area contributed by atoms with Gasteiger partial charge >= 0.3 is 0 Å². The standard InChI is InChI=1S/C3H3ClF2/c1-2(5)3(4)6/h1H3/b3-2-. The van der Waals surface area contributed by atoms with E-state index >= 15 is 0 Å². The first-order valence-electron chi connectivity index (χ1n) is 1.32. The molecule has 3 heteroatoms. The van der Waals surface area contributed by atoms with E-state index in [9.17, 15) is 8.78 Å². The molecule has 0 atom stereocenters. The van der Waals surface area contributed by atoms with Crippen LogP contribution in [0.3, 0.4) is 0 Å². The van der Waals surface area contributed by atoms with Crippen molar-refractivity contribution in [2.45, 2.75) is 6.92 Å². The molecule has 0 aromatic heterocycles. The van der Waals surface area contributed by atoms with E-state index < -0.39 is 11.1 Å². The van der Waals surface area contributed by atoms with Gasteiger partial charge in [0.2, 0.25) is 5.29 Å². The Bertz CT molecular complexity index is 58.9. The summed E-state index contributed by atoms with van der Waals surface area (Å²) in [7, 11) is 0. The van der Waals surface area contributed by atoms with Gasteiger partial charge in [0.15, 0.2) is 0 Å².